The summed E-state index contributed by atoms with van der Waals surface area (Å²) in [7, 11) is 0. The summed E-state index contributed by atoms with van der Waals surface area (Å²) in [5.41, 5.74) is 3.50. The zero-order valence-corrected chi connectivity index (χ0v) is 18.6. The average Bonchev–Trinajstić information content (AvgIpc) is 3.47. The number of hydrogen-bond acceptors (Lipinski definition) is 7. The van der Waals surface area contributed by atoms with Gasteiger partial charge in [0.05, 0.1) is 23.6 Å². The van der Waals surface area contributed by atoms with Crippen LogP contribution in [0.15, 0.2) is 17.4 Å². The Balaban J connectivity index is 1.35. The molecule has 0 saturated heterocycles. The molecule has 7 nitrogen and oxygen atoms in total. The number of thiophene rings is 2. The molecule has 0 radical (unpaired) electrons. The maximum absolute atomic E-state index is 13.3. The van der Waals surface area contributed by atoms with E-state index in [1.165, 1.54) is 40.1 Å². The number of fused-ring (bicyclic) bond motifs is 8. The van der Waals surface area contributed by atoms with Crippen molar-refractivity contribution in [2.45, 2.75) is 57.9 Å². The average molecular weight is 449 g/mol. The summed E-state index contributed by atoms with van der Waals surface area (Å²) in [4.78, 5) is 32.1. The molecule has 2 aliphatic carbocycles. The lowest BCUT2D eigenvalue weighted by molar-refractivity contribution is 0.690. The molecule has 5 heterocycles. The van der Waals surface area contributed by atoms with Gasteiger partial charge in [-0.05, 0) is 62.5 Å². The van der Waals surface area contributed by atoms with Crippen LogP contribution in [-0.2, 0) is 32.2 Å². The third kappa shape index (κ3) is 2.66. The molecule has 7 rings (SSSR count). The van der Waals surface area contributed by atoms with Gasteiger partial charge in [0.25, 0.3) is 5.56 Å². The molecule has 0 unspecified atom stereocenters. The summed E-state index contributed by atoms with van der Waals surface area (Å²) >= 11 is 3.47. The molecule has 0 aromatic carbocycles. The monoisotopic (exact) mass is 448 g/mol. The van der Waals surface area contributed by atoms with Crippen LogP contribution in [0.25, 0.3) is 26.1 Å². The Hall–Kier alpha value is -2.65. The van der Waals surface area contributed by atoms with Gasteiger partial charge in [0, 0.05) is 9.75 Å². The lowest BCUT2D eigenvalue weighted by Crippen LogP contribution is -2.22. The highest BCUT2D eigenvalue weighted by atomic mass is 32.1. The number of rotatable bonds is 2. The van der Waals surface area contributed by atoms with Crippen molar-refractivity contribution in [2.24, 2.45) is 0 Å². The highest BCUT2D eigenvalue weighted by Gasteiger charge is 2.22. The van der Waals surface area contributed by atoms with Crippen LogP contribution in [-0.4, -0.2) is 29.1 Å². The van der Waals surface area contributed by atoms with Gasteiger partial charge < -0.3 is 0 Å². The third-order valence-electron chi connectivity index (χ3n) is 6.59. The molecule has 0 saturated carbocycles. The lowest BCUT2D eigenvalue weighted by atomic mass is 9.97. The van der Waals surface area contributed by atoms with E-state index in [1.807, 2.05) is 0 Å². The van der Waals surface area contributed by atoms with Crippen molar-refractivity contribution in [3.8, 4) is 0 Å². The number of nitrogens with zero attached hydrogens (tertiary/aromatic N) is 6. The minimum absolute atomic E-state index is 0.0273. The Morgan fingerprint density at radius 2 is 1.48 bits per heavy atom. The van der Waals surface area contributed by atoms with Gasteiger partial charge in [-0.3, -0.25) is 9.36 Å². The Labute approximate surface area is 185 Å². The molecule has 5 aromatic rings. The van der Waals surface area contributed by atoms with Gasteiger partial charge in [0.15, 0.2) is 11.5 Å². The Morgan fingerprint density at radius 3 is 2.26 bits per heavy atom. The minimum atomic E-state index is 0.0273. The minimum Gasteiger partial charge on any atom is -0.291 e. The van der Waals surface area contributed by atoms with E-state index in [2.05, 4.69) is 15.1 Å². The highest BCUT2D eigenvalue weighted by Crippen LogP contribution is 2.37. The molecule has 2 aliphatic rings. The summed E-state index contributed by atoms with van der Waals surface area (Å²) in [5.74, 6) is 0.623. The van der Waals surface area contributed by atoms with E-state index in [1.54, 1.807) is 44.4 Å². The van der Waals surface area contributed by atoms with Gasteiger partial charge in [-0.15, -0.1) is 27.8 Å². The SMILES string of the molecule is O=c1c2c3c(sc2ncn1Cc1nc2c4c5c(sc4ncn2n1)CCCC5)CCCC3. The van der Waals surface area contributed by atoms with Crippen molar-refractivity contribution in [3.63, 3.8) is 0 Å². The quantitative estimate of drug-likeness (QED) is 0.409. The first-order valence-corrected chi connectivity index (χ1v) is 12.5. The molecule has 156 valence electrons. The second kappa shape index (κ2) is 6.67. The van der Waals surface area contributed by atoms with Gasteiger partial charge in [-0.1, -0.05) is 0 Å². The van der Waals surface area contributed by atoms with Gasteiger partial charge in [-0.25, -0.2) is 19.5 Å². The maximum atomic E-state index is 13.3. The molecule has 0 aliphatic heterocycles. The molecule has 0 atom stereocenters. The molecule has 9 heteroatoms. The molecule has 0 bridgehead atoms. The predicted molar refractivity (Wildman–Crippen MR) is 122 cm³/mol. The number of aromatic nitrogens is 6. The first-order chi connectivity index (χ1) is 15.3. The normalized spacial score (nSPS) is 16.3. The van der Waals surface area contributed by atoms with Crippen LogP contribution in [0.1, 0.15) is 52.4 Å². The summed E-state index contributed by atoms with van der Waals surface area (Å²) < 4.78 is 3.43. The lowest BCUT2D eigenvalue weighted by Gasteiger charge is -2.10. The standard InChI is InChI=1S/C22H20N6OS2/c29-22-18-13-6-2-4-8-15(13)31-21(18)23-10-27(22)9-16-25-19-17-12-5-1-3-7-14(12)30-20(17)24-11-28(19)26-16/h10-11H,1-9H2. The van der Waals surface area contributed by atoms with Crippen molar-refractivity contribution in [2.75, 3.05) is 0 Å². The summed E-state index contributed by atoms with van der Waals surface area (Å²) in [5, 5.41) is 6.60. The van der Waals surface area contributed by atoms with Gasteiger partial charge in [0.2, 0.25) is 0 Å². The van der Waals surface area contributed by atoms with Crippen molar-refractivity contribution in [1.82, 2.24) is 29.1 Å². The molecule has 0 N–H and O–H groups in total. The van der Waals surface area contributed by atoms with Gasteiger partial charge >= 0.3 is 0 Å². The van der Waals surface area contributed by atoms with Crippen molar-refractivity contribution < 1.29 is 0 Å². The van der Waals surface area contributed by atoms with Gasteiger partial charge in [-0.2, -0.15) is 0 Å². The topological polar surface area (TPSA) is 78.0 Å². The van der Waals surface area contributed by atoms with E-state index in [9.17, 15) is 4.79 Å². The van der Waals surface area contributed by atoms with E-state index < -0.39 is 0 Å². The Morgan fingerprint density at radius 1 is 0.839 bits per heavy atom. The van der Waals surface area contributed by atoms with Crippen LogP contribution in [0.5, 0.6) is 0 Å². The van der Waals surface area contributed by atoms with Crippen LogP contribution in [0.2, 0.25) is 0 Å². The molecule has 5 aromatic heterocycles. The zero-order valence-electron chi connectivity index (χ0n) is 16.9. The van der Waals surface area contributed by atoms with Crippen molar-refractivity contribution in [3.05, 3.63) is 49.7 Å². The number of aryl methyl sites for hydroxylation is 4. The zero-order chi connectivity index (χ0) is 20.5. The molecular formula is C22H20N6OS2. The van der Waals surface area contributed by atoms with Gasteiger partial charge in [0.1, 0.15) is 16.0 Å². The fraction of sp³-hybridized carbons (Fsp3) is 0.409. The van der Waals surface area contributed by atoms with Crippen LogP contribution in [0.3, 0.4) is 0 Å². The predicted octanol–water partition coefficient (Wildman–Crippen LogP) is 3.92. The van der Waals surface area contributed by atoms with Crippen molar-refractivity contribution >= 4 is 48.8 Å². The maximum Gasteiger partial charge on any atom is 0.262 e. The van der Waals surface area contributed by atoms with Crippen molar-refractivity contribution in [1.29, 1.82) is 0 Å². The molecular weight excluding hydrogens is 428 g/mol. The van der Waals surface area contributed by atoms with Crippen LogP contribution in [0.4, 0.5) is 0 Å². The highest BCUT2D eigenvalue weighted by molar-refractivity contribution is 7.19. The van der Waals surface area contributed by atoms with Crippen LogP contribution >= 0.6 is 22.7 Å². The summed E-state index contributed by atoms with van der Waals surface area (Å²) in [6.07, 6.45) is 12.5. The van der Waals surface area contributed by atoms with E-state index in [-0.39, 0.29) is 5.56 Å². The van der Waals surface area contributed by atoms with Crippen LogP contribution in [0, 0.1) is 0 Å². The molecule has 0 fully saturated rings. The van der Waals surface area contributed by atoms with E-state index >= 15 is 0 Å². The summed E-state index contributed by atoms with van der Waals surface area (Å²) in [6, 6.07) is 0. The Kier molecular flexibility index (Phi) is 3.87. The number of hydrogen-bond donors (Lipinski definition) is 0. The fourth-order valence-corrected chi connectivity index (χ4v) is 7.55. The molecule has 31 heavy (non-hydrogen) atoms. The second-order valence-corrected chi connectivity index (χ2v) is 10.7. The smallest absolute Gasteiger partial charge is 0.262 e. The first kappa shape index (κ1) is 18.0. The van der Waals surface area contributed by atoms with E-state index in [0.717, 1.165) is 58.2 Å². The fourth-order valence-electron chi connectivity index (χ4n) is 5.11. The Bertz CT molecular complexity index is 1560. The van der Waals surface area contributed by atoms with E-state index in [4.69, 9.17) is 4.98 Å². The molecule has 0 spiro atoms. The second-order valence-electron chi connectivity index (χ2n) is 8.50. The third-order valence-corrected chi connectivity index (χ3v) is 8.99. The van der Waals surface area contributed by atoms with Crippen LogP contribution < -0.4 is 5.56 Å². The summed E-state index contributed by atoms with van der Waals surface area (Å²) in [6.45, 7) is 0.321. The molecule has 0 amide bonds. The van der Waals surface area contributed by atoms with E-state index in [0.29, 0.717) is 12.4 Å². The first-order valence-electron chi connectivity index (χ1n) is 10.9. The largest absolute Gasteiger partial charge is 0.291 e.